The predicted molar refractivity (Wildman–Crippen MR) is 117 cm³/mol. The van der Waals surface area contributed by atoms with Crippen LogP contribution in [-0.2, 0) is 10.0 Å². The lowest BCUT2D eigenvalue weighted by atomic mass is 10.0. The van der Waals surface area contributed by atoms with Crippen LogP contribution in [0.25, 0.3) is 11.1 Å². The van der Waals surface area contributed by atoms with Crippen LogP contribution in [0.3, 0.4) is 0 Å². The van der Waals surface area contributed by atoms with E-state index in [-0.39, 0.29) is 0 Å². The van der Waals surface area contributed by atoms with E-state index < -0.39 is 10.0 Å². The minimum atomic E-state index is -3.33. The summed E-state index contributed by atoms with van der Waals surface area (Å²) in [6.45, 7) is 2.22. The third kappa shape index (κ3) is 5.10. The number of ether oxygens (including phenoxy) is 1. The normalized spacial score (nSPS) is 22.3. The average Bonchev–Trinajstić information content (AvgIpc) is 3.47. The van der Waals surface area contributed by atoms with Crippen molar-refractivity contribution in [2.45, 2.75) is 37.3 Å². The van der Waals surface area contributed by atoms with Gasteiger partial charge in [-0.15, -0.1) is 0 Å². The van der Waals surface area contributed by atoms with Gasteiger partial charge < -0.3 is 15.4 Å². The van der Waals surface area contributed by atoms with Crippen molar-refractivity contribution < 1.29 is 13.2 Å². The van der Waals surface area contributed by atoms with Crippen LogP contribution in [-0.4, -0.2) is 47.0 Å². The second-order valence-corrected chi connectivity index (χ2v) is 9.80. The highest BCUT2D eigenvalue weighted by molar-refractivity contribution is 7.92. The molecule has 0 aromatic heterocycles. The summed E-state index contributed by atoms with van der Waals surface area (Å²) in [5, 5.41) is 7.22. The van der Waals surface area contributed by atoms with E-state index in [9.17, 15) is 8.42 Å². The number of benzene rings is 2. The second-order valence-electron chi connectivity index (χ2n) is 8.05. The van der Waals surface area contributed by atoms with Crippen LogP contribution < -0.4 is 20.1 Å². The van der Waals surface area contributed by atoms with Crippen molar-refractivity contribution in [1.29, 1.82) is 0 Å². The number of rotatable bonds is 7. The van der Waals surface area contributed by atoms with Crippen LogP contribution in [0.2, 0.25) is 0 Å². The summed E-state index contributed by atoms with van der Waals surface area (Å²) in [5.41, 5.74) is 3.75. The van der Waals surface area contributed by atoms with Crippen molar-refractivity contribution in [3.8, 4) is 16.9 Å². The Morgan fingerprint density at radius 1 is 1.07 bits per heavy atom. The minimum absolute atomic E-state index is 0.529. The Bertz CT molecular complexity index is 954. The summed E-state index contributed by atoms with van der Waals surface area (Å²) in [4.78, 5) is 0. The largest absolute Gasteiger partial charge is 0.496 e. The lowest BCUT2D eigenvalue weighted by molar-refractivity contribution is 0.383. The first-order valence-corrected chi connectivity index (χ1v) is 12.0. The van der Waals surface area contributed by atoms with Gasteiger partial charge in [-0.05, 0) is 61.7 Å². The Labute approximate surface area is 173 Å². The smallest absolute Gasteiger partial charge is 0.229 e. The third-order valence-corrected chi connectivity index (χ3v) is 6.34. The number of anilines is 1. The first-order chi connectivity index (χ1) is 13.9. The first kappa shape index (κ1) is 20.2. The molecule has 1 saturated carbocycles. The van der Waals surface area contributed by atoms with E-state index >= 15 is 0 Å². The number of hydrogen-bond acceptors (Lipinski definition) is 5. The van der Waals surface area contributed by atoms with Crippen LogP contribution in [0.15, 0.2) is 42.5 Å². The number of methoxy groups -OCH3 is 1. The van der Waals surface area contributed by atoms with Gasteiger partial charge in [0, 0.05) is 29.3 Å². The molecule has 2 aromatic rings. The molecule has 7 heteroatoms. The lowest BCUT2D eigenvalue weighted by Gasteiger charge is -2.24. The van der Waals surface area contributed by atoms with Gasteiger partial charge in [0.05, 0.1) is 13.4 Å². The maximum Gasteiger partial charge on any atom is 0.229 e. The molecule has 1 aliphatic carbocycles. The highest BCUT2D eigenvalue weighted by Crippen LogP contribution is 2.42. The van der Waals surface area contributed by atoms with Gasteiger partial charge in [-0.1, -0.05) is 24.3 Å². The molecule has 6 nitrogen and oxygen atoms in total. The third-order valence-electron chi connectivity index (χ3n) is 5.73. The minimum Gasteiger partial charge on any atom is -0.496 e. The standard InChI is InChI=1S/C22H29N3O3S/c1-28-22-8-7-18(25-29(2,26)27)13-20(22)16-5-3-15(4-6-16)19-14-21(19)24-17-9-11-23-12-10-17/h3-8,13,17,19,21,23-25H,9-12,14H2,1-2H3. The molecular formula is C22H29N3O3S. The van der Waals surface area contributed by atoms with E-state index in [0.717, 1.165) is 30.5 Å². The van der Waals surface area contributed by atoms with Crippen molar-refractivity contribution in [2.75, 3.05) is 31.2 Å². The molecule has 29 heavy (non-hydrogen) atoms. The molecule has 0 radical (unpaired) electrons. The van der Waals surface area contributed by atoms with Crippen molar-refractivity contribution in [3.05, 3.63) is 48.0 Å². The van der Waals surface area contributed by atoms with E-state index in [1.165, 1.54) is 24.8 Å². The molecule has 1 saturated heterocycles. The topological polar surface area (TPSA) is 79.5 Å². The van der Waals surface area contributed by atoms with Crippen molar-refractivity contribution in [3.63, 3.8) is 0 Å². The molecule has 2 unspecified atom stereocenters. The maximum absolute atomic E-state index is 11.6. The van der Waals surface area contributed by atoms with Crippen LogP contribution in [0.4, 0.5) is 5.69 Å². The van der Waals surface area contributed by atoms with Gasteiger partial charge in [0.25, 0.3) is 0 Å². The molecule has 1 aliphatic heterocycles. The summed E-state index contributed by atoms with van der Waals surface area (Å²) in [6.07, 6.45) is 4.76. The van der Waals surface area contributed by atoms with Crippen LogP contribution in [0.5, 0.6) is 5.75 Å². The van der Waals surface area contributed by atoms with E-state index in [1.54, 1.807) is 19.2 Å². The molecule has 0 amide bonds. The Balaban J connectivity index is 1.47. The fourth-order valence-electron chi connectivity index (χ4n) is 4.16. The molecule has 2 atom stereocenters. The molecule has 0 spiro atoms. The molecule has 4 rings (SSSR count). The molecule has 2 aromatic carbocycles. The van der Waals surface area contributed by atoms with Crippen LogP contribution in [0.1, 0.15) is 30.7 Å². The van der Waals surface area contributed by atoms with Gasteiger partial charge in [-0.3, -0.25) is 4.72 Å². The number of nitrogens with one attached hydrogen (secondary N) is 3. The monoisotopic (exact) mass is 415 g/mol. The SMILES string of the molecule is COc1ccc(NS(C)(=O)=O)cc1-c1ccc(C2CC2NC2CCNCC2)cc1. The first-order valence-electron chi connectivity index (χ1n) is 10.2. The van der Waals surface area contributed by atoms with Gasteiger partial charge in [0.1, 0.15) is 5.75 Å². The van der Waals surface area contributed by atoms with Crippen molar-refractivity contribution in [2.24, 2.45) is 0 Å². The zero-order chi connectivity index (χ0) is 20.4. The fourth-order valence-corrected chi connectivity index (χ4v) is 4.72. The van der Waals surface area contributed by atoms with E-state index in [0.29, 0.717) is 29.4 Å². The summed E-state index contributed by atoms with van der Waals surface area (Å²) in [5.74, 6) is 1.30. The van der Waals surface area contributed by atoms with E-state index in [4.69, 9.17) is 4.74 Å². The Kier molecular flexibility index (Phi) is 5.81. The highest BCUT2D eigenvalue weighted by atomic mass is 32.2. The summed E-state index contributed by atoms with van der Waals surface area (Å²) < 4.78 is 31.1. The zero-order valence-electron chi connectivity index (χ0n) is 16.9. The Hall–Kier alpha value is -2.09. The van der Waals surface area contributed by atoms with E-state index in [2.05, 4.69) is 39.6 Å². The summed E-state index contributed by atoms with van der Waals surface area (Å²) >= 11 is 0. The zero-order valence-corrected chi connectivity index (χ0v) is 17.8. The number of sulfonamides is 1. The molecule has 3 N–H and O–H groups in total. The van der Waals surface area contributed by atoms with Gasteiger partial charge in [0.2, 0.25) is 10.0 Å². The predicted octanol–water partition coefficient (Wildman–Crippen LogP) is 2.93. The lowest BCUT2D eigenvalue weighted by Crippen LogP contribution is -2.41. The highest BCUT2D eigenvalue weighted by Gasteiger charge is 2.39. The van der Waals surface area contributed by atoms with Crippen molar-refractivity contribution >= 4 is 15.7 Å². The fraction of sp³-hybridized carbons (Fsp3) is 0.455. The average molecular weight is 416 g/mol. The molecule has 1 heterocycles. The quantitative estimate of drug-likeness (QED) is 0.648. The second kappa shape index (κ2) is 8.34. The molecule has 2 fully saturated rings. The number of hydrogen-bond donors (Lipinski definition) is 3. The van der Waals surface area contributed by atoms with Crippen LogP contribution >= 0.6 is 0 Å². The Morgan fingerprint density at radius 3 is 2.45 bits per heavy atom. The van der Waals surface area contributed by atoms with Gasteiger partial charge >= 0.3 is 0 Å². The van der Waals surface area contributed by atoms with Crippen LogP contribution in [0, 0.1) is 0 Å². The van der Waals surface area contributed by atoms with Gasteiger partial charge in [0.15, 0.2) is 0 Å². The Morgan fingerprint density at radius 2 is 1.79 bits per heavy atom. The molecule has 0 bridgehead atoms. The number of piperidine rings is 1. The molecular weight excluding hydrogens is 386 g/mol. The van der Waals surface area contributed by atoms with Gasteiger partial charge in [-0.2, -0.15) is 0 Å². The summed E-state index contributed by atoms with van der Waals surface area (Å²) in [6, 6.07) is 15.1. The molecule has 156 valence electrons. The van der Waals surface area contributed by atoms with Crippen molar-refractivity contribution in [1.82, 2.24) is 10.6 Å². The molecule has 2 aliphatic rings. The van der Waals surface area contributed by atoms with Gasteiger partial charge in [-0.25, -0.2) is 8.42 Å². The summed E-state index contributed by atoms with van der Waals surface area (Å²) in [7, 11) is -1.70. The maximum atomic E-state index is 11.6. The van der Waals surface area contributed by atoms with E-state index in [1.807, 2.05) is 6.07 Å².